The third-order valence-corrected chi connectivity index (χ3v) is 7.14. The number of nitrogens with zero attached hydrogens (tertiary/aromatic N) is 2. The summed E-state index contributed by atoms with van der Waals surface area (Å²) in [4.78, 5) is 15.6. The van der Waals surface area contributed by atoms with Crippen molar-refractivity contribution in [1.82, 2.24) is 15.1 Å². The van der Waals surface area contributed by atoms with Crippen LogP contribution in [0.3, 0.4) is 0 Å². The first-order chi connectivity index (χ1) is 19.1. The molecule has 1 aliphatic heterocycles. The Hall–Kier alpha value is -4.84. The summed E-state index contributed by atoms with van der Waals surface area (Å²) in [7, 11) is 1.65. The molecule has 1 atom stereocenters. The molecule has 4 aromatic carbocycles. The van der Waals surface area contributed by atoms with Gasteiger partial charge in [-0.05, 0) is 47.9 Å². The zero-order valence-electron chi connectivity index (χ0n) is 21.9. The molecule has 0 radical (unpaired) electrons. The number of methoxy groups -OCH3 is 1. The predicted molar refractivity (Wildman–Crippen MR) is 151 cm³/mol. The first-order valence-electron chi connectivity index (χ1n) is 13.0. The Morgan fingerprint density at radius 3 is 2.21 bits per heavy atom. The zero-order valence-corrected chi connectivity index (χ0v) is 21.9. The number of hydrogen-bond donors (Lipinski definition) is 1. The largest absolute Gasteiger partial charge is 0.497 e. The van der Waals surface area contributed by atoms with E-state index in [-0.39, 0.29) is 11.9 Å². The molecule has 1 amide bonds. The molecule has 1 N–H and O–H groups in total. The number of fused-ring (bicyclic) bond motifs is 1. The molecule has 0 aliphatic carbocycles. The van der Waals surface area contributed by atoms with E-state index in [0.717, 1.165) is 45.0 Å². The summed E-state index contributed by atoms with van der Waals surface area (Å²) in [6, 6.07) is 33.9. The molecular formula is C33H29N3O3. The van der Waals surface area contributed by atoms with E-state index in [0.29, 0.717) is 18.8 Å². The van der Waals surface area contributed by atoms with Crippen LogP contribution in [0.1, 0.15) is 44.3 Å². The molecule has 0 spiro atoms. The topological polar surface area (TPSA) is 67.5 Å². The van der Waals surface area contributed by atoms with Crippen LogP contribution >= 0.6 is 0 Å². The SMILES string of the molecule is COc1ccc(CN2C(=O)c3[nH]nc(-c4ccc(C)cc4)c3C2c2ccc(OCc3ccccc3)cc2)cc1. The summed E-state index contributed by atoms with van der Waals surface area (Å²) in [5.41, 5.74) is 7.51. The molecule has 5 aromatic rings. The summed E-state index contributed by atoms with van der Waals surface area (Å²) in [5, 5.41) is 7.64. The number of H-pyrrole nitrogens is 1. The smallest absolute Gasteiger partial charge is 0.273 e. The van der Waals surface area contributed by atoms with Crippen molar-refractivity contribution < 1.29 is 14.3 Å². The first kappa shape index (κ1) is 24.5. The normalized spacial score (nSPS) is 14.4. The highest BCUT2D eigenvalue weighted by atomic mass is 16.5. The highest BCUT2D eigenvalue weighted by Crippen LogP contribution is 2.43. The van der Waals surface area contributed by atoms with Gasteiger partial charge in [0.05, 0.1) is 18.8 Å². The number of amides is 1. The Kier molecular flexibility index (Phi) is 6.59. The molecular weight excluding hydrogens is 486 g/mol. The number of carbonyl (C=O) groups is 1. The maximum atomic E-state index is 13.7. The summed E-state index contributed by atoms with van der Waals surface area (Å²) >= 11 is 0. The minimum Gasteiger partial charge on any atom is -0.497 e. The zero-order chi connectivity index (χ0) is 26.8. The van der Waals surface area contributed by atoms with Gasteiger partial charge in [0, 0.05) is 17.7 Å². The van der Waals surface area contributed by atoms with Crippen LogP contribution in [0.2, 0.25) is 0 Å². The fraction of sp³-hybridized carbons (Fsp3) is 0.152. The van der Waals surface area contributed by atoms with E-state index in [1.807, 2.05) is 83.8 Å². The number of benzene rings is 4. The molecule has 0 fully saturated rings. The van der Waals surface area contributed by atoms with Crippen molar-refractivity contribution in [3.05, 3.63) is 137 Å². The number of aryl methyl sites for hydroxylation is 1. The van der Waals surface area contributed by atoms with E-state index < -0.39 is 0 Å². The van der Waals surface area contributed by atoms with Crippen molar-refractivity contribution >= 4 is 5.91 Å². The standard InChI is InChI=1S/C33H29N3O3/c1-22-8-12-25(13-9-22)30-29-31(35-34-30)33(37)36(20-23-10-16-27(38-2)17-11-23)32(29)26-14-18-28(19-15-26)39-21-24-6-4-3-5-7-24/h3-19,32H,20-21H2,1-2H3,(H,34,35). The maximum absolute atomic E-state index is 13.7. The van der Waals surface area contributed by atoms with Gasteiger partial charge in [0.2, 0.25) is 0 Å². The van der Waals surface area contributed by atoms with Crippen LogP contribution < -0.4 is 9.47 Å². The lowest BCUT2D eigenvalue weighted by Crippen LogP contribution is -2.29. The lowest BCUT2D eigenvalue weighted by Gasteiger charge is -2.27. The fourth-order valence-corrected chi connectivity index (χ4v) is 5.05. The lowest BCUT2D eigenvalue weighted by molar-refractivity contribution is 0.0730. The van der Waals surface area contributed by atoms with Crippen molar-refractivity contribution in [2.24, 2.45) is 0 Å². The van der Waals surface area contributed by atoms with E-state index in [2.05, 4.69) is 41.4 Å². The van der Waals surface area contributed by atoms with E-state index in [4.69, 9.17) is 9.47 Å². The maximum Gasteiger partial charge on any atom is 0.273 e. The van der Waals surface area contributed by atoms with Crippen LogP contribution in [0.5, 0.6) is 11.5 Å². The Morgan fingerprint density at radius 2 is 1.51 bits per heavy atom. The van der Waals surface area contributed by atoms with Gasteiger partial charge < -0.3 is 14.4 Å². The van der Waals surface area contributed by atoms with Gasteiger partial charge >= 0.3 is 0 Å². The van der Waals surface area contributed by atoms with E-state index in [9.17, 15) is 4.79 Å². The second-order valence-electron chi connectivity index (χ2n) is 9.75. The van der Waals surface area contributed by atoms with Crippen LogP contribution in [0.4, 0.5) is 0 Å². The van der Waals surface area contributed by atoms with Gasteiger partial charge in [0.1, 0.15) is 23.8 Å². The summed E-state index contributed by atoms with van der Waals surface area (Å²) in [5.74, 6) is 1.49. The average molecular weight is 516 g/mol. The molecule has 2 heterocycles. The Balaban J connectivity index is 1.35. The highest BCUT2D eigenvalue weighted by Gasteiger charge is 2.42. The number of ether oxygens (including phenoxy) is 2. The van der Waals surface area contributed by atoms with Gasteiger partial charge in [-0.15, -0.1) is 0 Å². The molecule has 1 aliphatic rings. The second kappa shape index (κ2) is 10.5. The predicted octanol–water partition coefficient (Wildman–Crippen LogP) is 6.72. The third kappa shape index (κ3) is 4.89. The van der Waals surface area contributed by atoms with Crippen molar-refractivity contribution in [3.63, 3.8) is 0 Å². The number of nitrogens with one attached hydrogen (secondary N) is 1. The molecule has 0 saturated carbocycles. The van der Waals surface area contributed by atoms with Crippen molar-refractivity contribution in [3.8, 4) is 22.8 Å². The van der Waals surface area contributed by atoms with Crippen LogP contribution in [0.15, 0.2) is 103 Å². The van der Waals surface area contributed by atoms with Gasteiger partial charge in [-0.1, -0.05) is 84.4 Å². The monoisotopic (exact) mass is 515 g/mol. The minimum atomic E-state index is -0.298. The van der Waals surface area contributed by atoms with Gasteiger partial charge in [0.15, 0.2) is 0 Å². The Bertz CT molecular complexity index is 1570. The molecule has 194 valence electrons. The number of aromatic amines is 1. The summed E-state index contributed by atoms with van der Waals surface area (Å²) in [6.07, 6.45) is 0. The second-order valence-corrected chi connectivity index (χ2v) is 9.75. The number of rotatable bonds is 8. The summed E-state index contributed by atoms with van der Waals surface area (Å²) < 4.78 is 11.3. The Labute approximate surface area is 227 Å². The molecule has 0 saturated heterocycles. The molecule has 1 aromatic heterocycles. The van der Waals surface area contributed by atoms with Crippen molar-refractivity contribution in [2.45, 2.75) is 26.1 Å². The Morgan fingerprint density at radius 1 is 0.821 bits per heavy atom. The molecule has 1 unspecified atom stereocenters. The van der Waals surface area contributed by atoms with Crippen molar-refractivity contribution in [1.29, 1.82) is 0 Å². The highest BCUT2D eigenvalue weighted by molar-refractivity contribution is 6.00. The molecule has 6 nitrogen and oxygen atoms in total. The van der Waals surface area contributed by atoms with Crippen LogP contribution in [-0.4, -0.2) is 28.1 Å². The van der Waals surface area contributed by atoms with Crippen LogP contribution in [0, 0.1) is 6.92 Å². The number of hydrogen-bond acceptors (Lipinski definition) is 4. The van der Waals surface area contributed by atoms with Crippen molar-refractivity contribution in [2.75, 3.05) is 7.11 Å². The van der Waals surface area contributed by atoms with Gasteiger partial charge in [-0.2, -0.15) is 5.10 Å². The number of carbonyl (C=O) groups excluding carboxylic acids is 1. The van der Waals surface area contributed by atoms with E-state index in [1.165, 1.54) is 5.56 Å². The summed E-state index contributed by atoms with van der Waals surface area (Å²) in [6.45, 7) is 3.01. The van der Waals surface area contributed by atoms with Gasteiger partial charge in [-0.3, -0.25) is 9.89 Å². The first-order valence-corrected chi connectivity index (χ1v) is 13.0. The fourth-order valence-electron chi connectivity index (χ4n) is 5.05. The lowest BCUT2D eigenvalue weighted by atomic mass is 9.95. The molecule has 39 heavy (non-hydrogen) atoms. The number of aromatic nitrogens is 2. The third-order valence-electron chi connectivity index (χ3n) is 7.14. The van der Waals surface area contributed by atoms with Crippen LogP contribution in [0.25, 0.3) is 11.3 Å². The van der Waals surface area contributed by atoms with E-state index >= 15 is 0 Å². The quantitative estimate of drug-likeness (QED) is 0.249. The van der Waals surface area contributed by atoms with Gasteiger partial charge in [0.25, 0.3) is 5.91 Å². The van der Waals surface area contributed by atoms with E-state index in [1.54, 1.807) is 7.11 Å². The molecule has 6 heteroatoms. The van der Waals surface area contributed by atoms with Gasteiger partial charge in [-0.25, -0.2) is 0 Å². The van der Waals surface area contributed by atoms with Crippen LogP contribution in [-0.2, 0) is 13.2 Å². The average Bonchev–Trinajstić information content (AvgIpc) is 3.52. The molecule has 0 bridgehead atoms. The molecule has 6 rings (SSSR count). The minimum absolute atomic E-state index is 0.0684.